The van der Waals surface area contributed by atoms with Gasteiger partial charge in [0.1, 0.15) is 0 Å². The Morgan fingerprint density at radius 1 is 1.47 bits per heavy atom. The van der Waals surface area contributed by atoms with E-state index in [2.05, 4.69) is 10.3 Å². The summed E-state index contributed by atoms with van der Waals surface area (Å²) in [7, 11) is 0. The number of nitrogens with two attached hydrogens (primary N) is 1. The topological polar surface area (TPSA) is 105 Å². The molecule has 1 amide bonds. The van der Waals surface area contributed by atoms with Gasteiger partial charge in [0, 0.05) is 18.2 Å². The van der Waals surface area contributed by atoms with Crippen LogP contribution in [0.15, 0.2) is 6.07 Å². The fourth-order valence-electron chi connectivity index (χ4n) is 1.93. The van der Waals surface area contributed by atoms with Crippen LogP contribution in [0.2, 0.25) is 0 Å². The molecule has 0 saturated carbocycles. The Hall–Kier alpha value is -2.11. The third-order valence-electron chi connectivity index (χ3n) is 2.77. The molecule has 0 aliphatic heterocycles. The summed E-state index contributed by atoms with van der Waals surface area (Å²) in [5, 5.41) is 11.8. The lowest BCUT2D eigenvalue weighted by Crippen LogP contribution is -2.22. The van der Waals surface area contributed by atoms with Gasteiger partial charge in [0.2, 0.25) is 0 Å². The summed E-state index contributed by atoms with van der Waals surface area (Å²) in [4.78, 5) is 26.2. The first kappa shape index (κ1) is 14.9. The number of aliphatic carboxylic acids is 1. The van der Waals surface area contributed by atoms with Gasteiger partial charge >= 0.3 is 5.97 Å². The summed E-state index contributed by atoms with van der Waals surface area (Å²) in [5.41, 5.74) is 7.65. The fraction of sp³-hybridized carbons (Fsp3) is 0.462. The van der Waals surface area contributed by atoms with Crippen molar-refractivity contribution < 1.29 is 14.7 Å². The van der Waals surface area contributed by atoms with Gasteiger partial charge in [-0.25, -0.2) is 0 Å². The Morgan fingerprint density at radius 2 is 2.11 bits per heavy atom. The van der Waals surface area contributed by atoms with E-state index >= 15 is 0 Å². The number of hydrogen-bond acceptors (Lipinski definition) is 4. The van der Waals surface area contributed by atoms with E-state index in [-0.39, 0.29) is 12.5 Å². The second kappa shape index (κ2) is 6.17. The molecule has 0 fully saturated rings. The van der Waals surface area contributed by atoms with Crippen LogP contribution in [0.5, 0.6) is 0 Å². The van der Waals surface area contributed by atoms with Crippen LogP contribution in [0.4, 0.5) is 5.69 Å². The number of pyridine rings is 1. The third-order valence-corrected chi connectivity index (χ3v) is 2.77. The molecule has 0 radical (unpaired) electrons. The molecule has 0 aliphatic rings. The second-order valence-corrected chi connectivity index (χ2v) is 4.61. The van der Waals surface area contributed by atoms with Crippen molar-refractivity contribution in [2.45, 2.75) is 39.7 Å². The molecule has 4 N–H and O–H groups in total. The molecule has 1 rings (SSSR count). The molecular formula is C13H19N3O3. The maximum atomic E-state index is 11.4. The number of amides is 1. The van der Waals surface area contributed by atoms with Gasteiger partial charge in [0.05, 0.1) is 16.9 Å². The molecule has 104 valence electrons. The number of carbonyl (C=O) groups is 2. The van der Waals surface area contributed by atoms with Crippen molar-refractivity contribution in [2.24, 2.45) is 5.73 Å². The summed E-state index contributed by atoms with van der Waals surface area (Å²) in [6.45, 7) is 5.41. The van der Waals surface area contributed by atoms with Gasteiger partial charge in [0.25, 0.3) is 5.91 Å². The predicted octanol–water partition coefficient (Wildman–Crippen LogP) is 1.46. The number of nitrogens with zero attached hydrogens (tertiary/aromatic N) is 1. The van der Waals surface area contributed by atoms with Gasteiger partial charge in [0.15, 0.2) is 0 Å². The number of carbonyl (C=O) groups excluding carboxylic acids is 1. The monoisotopic (exact) mass is 265 g/mol. The van der Waals surface area contributed by atoms with Crippen molar-refractivity contribution >= 4 is 17.6 Å². The van der Waals surface area contributed by atoms with E-state index < -0.39 is 11.9 Å². The molecule has 0 saturated heterocycles. The van der Waals surface area contributed by atoms with Crippen molar-refractivity contribution in [3.8, 4) is 0 Å². The first-order valence-electron chi connectivity index (χ1n) is 6.07. The van der Waals surface area contributed by atoms with Crippen LogP contribution < -0.4 is 11.1 Å². The van der Waals surface area contributed by atoms with Crippen molar-refractivity contribution in [1.82, 2.24) is 4.98 Å². The van der Waals surface area contributed by atoms with Crippen LogP contribution in [-0.4, -0.2) is 28.0 Å². The van der Waals surface area contributed by atoms with Crippen LogP contribution in [0, 0.1) is 13.8 Å². The molecule has 19 heavy (non-hydrogen) atoms. The highest BCUT2D eigenvalue weighted by atomic mass is 16.4. The van der Waals surface area contributed by atoms with E-state index in [4.69, 9.17) is 10.8 Å². The minimum atomic E-state index is -0.842. The van der Waals surface area contributed by atoms with Gasteiger partial charge in [-0.15, -0.1) is 0 Å². The van der Waals surface area contributed by atoms with Crippen molar-refractivity contribution in [2.75, 3.05) is 5.32 Å². The quantitative estimate of drug-likeness (QED) is 0.722. The highest BCUT2D eigenvalue weighted by Gasteiger charge is 2.15. The molecule has 1 unspecified atom stereocenters. The van der Waals surface area contributed by atoms with E-state index in [1.165, 1.54) is 0 Å². The van der Waals surface area contributed by atoms with Gasteiger partial charge < -0.3 is 16.2 Å². The van der Waals surface area contributed by atoms with E-state index in [1.807, 2.05) is 13.8 Å². The zero-order valence-electron chi connectivity index (χ0n) is 11.4. The highest BCUT2D eigenvalue weighted by molar-refractivity contribution is 5.99. The lowest BCUT2D eigenvalue weighted by molar-refractivity contribution is -0.137. The first-order chi connectivity index (χ1) is 8.81. The normalized spacial score (nSPS) is 11.9. The number of rotatable bonds is 6. The van der Waals surface area contributed by atoms with Gasteiger partial charge in [-0.05, 0) is 33.3 Å². The number of anilines is 1. The lowest BCUT2D eigenvalue weighted by Gasteiger charge is -2.18. The maximum Gasteiger partial charge on any atom is 0.303 e. The Kier molecular flexibility index (Phi) is 4.86. The summed E-state index contributed by atoms with van der Waals surface area (Å²) in [6.07, 6.45) is 0.539. The molecule has 1 atom stereocenters. The summed E-state index contributed by atoms with van der Waals surface area (Å²) in [6, 6.07) is 1.67. The van der Waals surface area contributed by atoms with Crippen molar-refractivity contribution in [1.29, 1.82) is 0 Å². The molecule has 1 heterocycles. The fourth-order valence-corrected chi connectivity index (χ4v) is 1.93. The van der Waals surface area contributed by atoms with E-state index in [0.717, 1.165) is 5.69 Å². The zero-order chi connectivity index (χ0) is 14.6. The Bertz CT molecular complexity index is 500. The van der Waals surface area contributed by atoms with E-state index in [1.54, 1.807) is 13.0 Å². The molecular weight excluding hydrogens is 246 g/mol. The molecule has 0 aromatic carbocycles. The predicted molar refractivity (Wildman–Crippen MR) is 72.2 cm³/mol. The SMILES string of the molecule is Cc1cc(NC(C)CCC(=O)O)c(C(N)=O)c(C)n1. The van der Waals surface area contributed by atoms with Gasteiger partial charge in [-0.3, -0.25) is 14.6 Å². The van der Waals surface area contributed by atoms with Crippen LogP contribution in [-0.2, 0) is 4.79 Å². The average Bonchev–Trinajstić information content (AvgIpc) is 2.24. The van der Waals surface area contributed by atoms with Gasteiger partial charge in [-0.1, -0.05) is 0 Å². The number of aryl methyl sites for hydroxylation is 2. The van der Waals surface area contributed by atoms with Crippen LogP contribution in [0.1, 0.15) is 41.5 Å². The van der Waals surface area contributed by atoms with Crippen molar-refractivity contribution in [3.05, 3.63) is 23.0 Å². The summed E-state index contributed by atoms with van der Waals surface area (Å²) >= 11 is 0. The lowest BCUT2D eigenvalue weighted by atomic mass is 10.1. The largest absolute Gasteiger partial charge is 0.481 e. The van der Waals surface area contributed by atoms with Crippen LogP contribution in [0.3, 0.4) is 0 Å². The summed E-state index contributed by atoms with van der Waals surface area (Å²) < 4.78 is 0. The molecule has 0 aliphatic carbocycles. The van der Waals surface area contributed by atoms with Crippen LogP contribution >= 0.6 is 0 Å². The smallest absolute Gasteiger partial charge is 0.303 e. The Labute approximate surface area is 112 Å². The highest BCUT2D eigenvalue weighted by Crippen LogP contribution is 2.20. The third kappa shape index (κ3) is 4.24. The molecule has 1 aromatic heterocycles. The van der Waals surface area contributed by atoms with E-state index in [0.29, 0.717) is 23.4 Å². The Morgan fingerprint density at radius 3 is 2.63 bits per heavy atom. The number of aromatic nitrogens is 1. The number of primary amides is 1. The number of hydrogen-bond donors (Lipinski definition) is 3. The zero-order valence-corrected chi connectivity index (χ0v) is 11.4. The average molecular weight is 265 g/mol. The van der Waals surface area contributed by atoms with Gasteiger partial charge in [-0.2, -0.15) is 0 Å². The minimum absolute atomic E-state index is 0.0725. The minimum Gasteiger partial charge on any atom is -0.481 e. The number of nitrogens with one attached hydrogen (secondary N) is 1. The molecule has 0 bridgehead atoms. The molecule has 6 nitrogen and oxygen atoms in total. The first-order valence-corrected chi connectivity index (χ1v) is 6.07. The molecule has 1 aromatic rings. The number of carboxylic acids is 1. The standard InChI is InChI=1S/C13H19N3O3/c1-7(4-5-11(17)18)16-10-6-8(2)15-9(3)12(10)13(14)19/h6-7H,4-5H2,1-3H3,(H2,14,19)(H,15,16)(H,17,18). The number of carboxylic acid groups (broad SMARTS) is 1. The second-order valence-electron chi connectivity index (χ2n) is 4.61. The molecule has 0 spiro atoms. The van der Waals surface area contributed by atoms with E-state index in [9.17, 15) is 9.59 Å². The van der Waals surface area contributed by atoms with Crippen LogP contribution in [0.25, 0.3) is 0 Å². The van der Waals surface area contributed by atoms with Crippen molar-refractivity contribution in [3.63, 3.8) is 0 Å². The molecule has 6 heteroatoms. The Balaban J connectivity index is 2.93. The summed E-state index contributed by atoms with van der Waals surface area (Å²) in [5.74, 6) is -1.39. The maximum absolute atomic E-state index is 11.4.